The van der Waals surface area contributed by atoms with Crippen LogP contribution >= 0.6 is 0 Å². The predicted molar refractivity (Wildman–Crippen MR) is 110 cm³/mol. The molecule has 3 rings (SSSR count). The molecule has 156 valence electrons. The van der Waals surface area contributed by atoms with Crippen molar-refractivity contribution >= 4 is 25.8 Å². The van der Waals surface area contributed by atoms with Crippen LogP contribution in [0.4, 0.5) is 0 Å². The number of sulfone groups is 1. The molecule has 0 atom stereocenters. The fraction of sp³-hybridized carbons (Fsp3) is 0.350. The Kier molecular flexibility index (Phi) is 6.40. The number of rotatable bonds is 9. The number of amides is 1. The lowest BCUT2D eigenvalue weighted by Crippen LogP contribution is -2.28. The van der Waals surface area contributed by atoms with Gasteiger partial charge in [-0.1, -0.05) is 24.3 Å². The molecule has 1 saturated carbocycles. The van der Waals surface area contributed by atoms with Crippen LogP contribution in [0.3, 0.4) is 0 Å². The third-order valence-corrected chi connectivity index (χ3v) is 7.98. The fourth-order valence-electron chi connectivity index (χ4n) is 2.81. The largest absolute Gasteiger partial charge is 0.352 e. The summed E-state index contributed by atoms with van der Waals surface area (Å²) in [5, 5.41) is 2.68. The van der Waals surface area contributed by atoms with Crippen LogP contribution in [0.5, 0.6) is 0 Å². The lowest BCUT2D eigenvalue weighted by atomic mass is 10.1. The van der Waals surface area contributed by atoms with Crippen LogP contribution in [0, 0.1) is 6.92 Å². The van der Waals surface area contributed by atoms with Crippen molar-refractivity contribution in [2.75, 3.05) is 12.3 Å². The lowest BCUT2D eigenvalue weighted by Gasteiger charge is -2.11. The van der Waals surface area contributed by atoms with E-state index in [1.807, 2.05) is 0 Å². The van der Waals surface area contributed by atoms with Gasteiger partial charge in [-0.25, -0.2) is 21.6 Å². The molecule has 2 aromatic carbocycles. The number of nitrogens with one attached hydrogen (secondary N) is 2. The summed E-state index contributed by atoms with van der Waals surface area (Å²) in [5.74, 6) is -0.515. The minimum absolute atomic E-state index is 0.0230. The van der Waals surface area contributed by atoms with Crippen molar-refractivity contribution in [2.24, 2.45) is 0 Å². The minimum atomic E-state index is -3.65. The summed E-state index contributed by atoms with van der Waals surface area (Å²) >= 11 is 0. The second kappa shape index (κ2) is 8.64. The first kappa shape index (κ1) is 21.5. The monoisotopic (exact) mass is 436 g/mol. The zero-order chi connectivity index (χ0) is 21.1. The smallest absolute Gasteiger partial charge is 0.251 e. The number of hydrogen-bond acceptors (Lipinski definition) is 5. The van der Waals surface area contributed by atoms with Gasteiger partial charge in [0.1, 0.15) is 0 Å². The maximum atomic E-state index is 12.5. The summed E-state index contributed by atoms with van der Waals surface area (Å²) < 4.78 is 51.8. The Hall–Kier alpha value is -2.23. The summed E-state index contributed by atoms with van der Waals surface area (Å²) in [6.45, 7) is 1.89. The van der Waals surface area contributed by atoms with E-state index < -0.39 is 25.8 Å². The molecule has 1 amide bonds. The van der Waals surface area contributed by atoms with Crippen LogP contribution in [0.25, 0.3) is 0 Å². The third-order valence-electron chi connectivity index (χ3n) is 4.64. The Labute approximate surface area is 171 Å². The molecule has 0 spiro atoms. The first-order valence-corrected chi connectivity index (χ1v) is 12.5. The summed E-state index contributed by atoms with van der Waals surface area (Å²) in [5.41, 5.74) is 0.902. The van der Waals surface area contributed by atoms with Crippen molar-refractivity contribution in [3.63, 3.8) is 0 Å². The van der Waals surface area contributed by atoms with Crippen molar-refractivity contribution < 1.29 is 21.6 Å². The molecule has 0 radical (unpaired) electrons. The van der Waals surface area contributed by atoms with E-state index in [-0.39, 0.29) is 40.1 Å². The second-order valence-corrected chi connectivity index (χ2v) is 10.9. The normalized spacial score (nSPS) is 14.5. The molecule has 0 heterocycles. The molecule has 0 saturated heterocycles. The number of carbonyl (C=O) groups excluding carboxylic acids is 1. The highest BCUT2D eigenvalue weighted by atomic mass is 32.2. The third kappa shape index (κ3) is 5.65. The van der Waals surface area contributed by atoms with Crippen LogP contribution in [0.1, 0.15) is 35.2 Å². The molecule has 2 N–H and O–H groups in total. The number of benzene rings is 2. The van der Waals surface area contributed by atoms with Crippen LogP contribution in [0.2, 0.25) is 0 Å². The van der Waals surface area contributed by atoms with Crippen molar-refractivity contribution in [3.8, 4) is 0 Å². The average Bonchev–Trinajstić information content (AvgIpc) is 3.49. The van der Waals surface area contributed by atoms with Crippen LogP contribution in [0.15, 0.2) is 58.3 Å². The van der Waals surface area contributed by atoms with Crippen LogP contribution in [-0.4, -0.2) is 41.1 Å². The first-order chi connectivity index (χ1) is 13.7. The Morgan fingerprint density at radius 2 is 1.69 bits per heavy atom. The Morgan fingerprint density at radius 3 is 2.34 bits per heavy atom. The highest BCUT2D eigenvalue weighted by Crippen LogP contribution is 2.23. The SMILES string of the molecule is Cc1ccc(S(=O)(=O)NC2CC2)cc1C(=O)NCCCS(=O)(=O)c1ccccc1. The average molecular weight is 437 g/mol. The topological polar surface area (TPSA) is 109 Å². The van der Waals surface area contributed by atoms with Gasteiger partial charge in [-0.05, 0) is 56.0 Å². The van der Waals surface area contributed by atoms with E-state index in [2.05, 4.69) is 10.0 Å². The molecule has 1 aliphatic carbocycles. The molecule has 0 aromatic heterocycles. The standard InChI is InChI=1S/C20H24N2O5S2/c1-15-8-11-18(29(26,27)22-16-9-10-16)14-19(15)20(23)21-12-5-13-28(24,25)17-6-3-2-4-7-17/h2-4,6-8,11,14,16,22H,5,9-10,12-13H2,1H3,(H,21,23). The Morgan fingerprint density at radius 1 is 1.00 bits per heavy atom. The van der Waals surface area contributed by atoms with E-state index in [0.29, 0.717) is 5.56 Å². The molecule has 2 aromatic rings. The van der Waals surface area contributed by atoms with E-state index in [1.165, 1.54) is 12.1 Å². The maximum Gasteiger partial charge on any atom is 0.251 e. The van der Waals surface area contributed by atoms with Crippen molar-refractivity contribution in [3.05, 3.63) is 59.7 Å². The van der Waals surface area contributed by atoms with Crippen molar-refractivity contribution in [2.45, 2.75) is 42.0 Å². The van der Waals surface area contributed by atoms with E-state index in [0.717, 1.165) is 12.8 Å². The predicted octanol–water partition coefficient (Wildman–Crippen LogP) is 2.03. The Balaban J connectivity index is 1.60. The number of carbonyl (C=O) groups is 1. The van der Waals surface area contributed by atoms with Crippen molar-refractivity contribution in [1.29, 1.82) is 0 Å². The molecule has 1 fully saturated rings. The molecule has 0 bridgehead atoms. The van der Waals surface area contributed by atoms with Gasteiger partial charge < -0.3 is 5.32 Å². The minimum Gasteiger partial charge on any atom is -0.352 e. The molecule has 0 unspecified atom stereocenters. The summed E-state index contributed by atoms with van der Waals surface area (Å²) in [6.07, 6.45) is 1.90. The van der Waals surface area contributed by atoms with Gasteiger partial charge in [0.15, 0.2) is 9.84 Å². The van der Waals surface area contributed by atoms with E-state index in [9.17, 15) is 21.6 Å². The van der Waals surface area contributed by atoms with Crippen molar-refractivity contribution in [1.82, 2.24) is 10.0 Å². The number of hydrogen-bond donors (Lipinski definition) is 2. The highest BCUT2D eigenvalue weighted by Gasteiger charge is 2.28. The van der Waals surface area contributed by atoms with E-state index in [1.54, 1.807) is 43.3 Å². The van der Waals surface area contributed by atoms with E-state index in [4.69, 9.17) is 0 Å². The molecule has 7 nitrogen and oxygen atoms in total. The van der Waals surface area contributed by atoms with Gasteiger partial charge in [0.05, 0.1) is 15.5 Å². The summed E-state index contributed by atoms with van der Waals surface area (Å²) in [4.78, 5) is 12.8. The summed E-state index contributed by atoms with van der Waals surface area (Å²) in [6, 6.07) is 12.6. The number of aryl methyl sites for hydroxylation is 1. The first-order valence-electron chi connectivity index (χ1n) is 9.38. The molecule has 1 aliphatic rings. The zero-order valence-electron chi connectivity index (χ0n) is 16.1. The van der Waals surface area contributed by atoms with Crippen LogP contribution in [-0.2, 0) is 19.9 Å². The van der Waals surface area contributed by atoms with Gasteiger partial charge in [-0.15, -0.1) is 0 Å². The van der Waals surface area contributed by atoms with E-state index >= 15 is 0 Å². The zero-order valence-corrected chi connectivity index (χ0v) is 17.7. The van der Waals surface area contributed by atoms with Gasteiger partial charge in [0.2, 0.25) is 10.0 Å². The molecular weight excluding hydrogens is 412 g/mol. The molecular formula is C20H24N2O5S2. The van der Waals surface area contributed by atoms with Gasteiger partial charge in [-0.2, -0.15) is 0 Å². The lowest BCUT2D eigenvalue weighted by molar-refractivity contribution is 0.0953. The second-order valence-electron chi connectivity index (χ2n) is 7.11. The van der Waals surface area contributed by atoms with Gasteiger partial charge in [0, 0.05) is 18.2 Å². The molecule has 29 heavy (non-hydrogen) atoms. The van der Waals surface area contributed by atoms with Gasteiger partial charge >= 0.3 is 0 Å². The quantitative estimate of drug-likeness (QED) is 0.585. The summed E-state index contributed by atoms with van der Waals surface area (Å²) in [7, 11) is -7.06. The number of sulfonamides is 1. The molecule has 0 aliphatic heterocycles. The van der Waals surface area contributed by atoms with Gasteiger partial charge in [0.25, 0.3) is 5.91 Å². The van der Waals surface area contributed by atoms with Gasteiger partial charge in [-0.3, -0.25) is 4.79 Å². The molecule has 9 heteroatoms. The van der Waals surface area contributed by atoms with Crippen LogP contribution < -0.4 is 10.0 Å². The fourth-order valence-corrected chi connectivity index (χ4v) is 5.47. The maximum absolute atomic E-state index is 12.5. The highest BCUT2D eigenvalue weighted by molar-refractivity contribution is 7.91. The Bertz CT molecular complexity index is 1090.